The molecule has 72 valence electrons. The van der Waals surface area contributed by atoms with Crippen LogP contribution in [0, 0.1) is 0 Å². The molecule has 0 aliphatic heterocycles. The highest BCUT2D eigenvalue weighted by Gasteiger charge is 2.08. The van der Waals surface area contributed by atoms with Crippen LogP contribution in [0.25, 0.3) is 0 Å². The number of aromatic hydroxyl groups is 1. The van der Waals surface area contributed by atoms with Gasteiger partial charge in [-0.1, -0.05) is 6.07 Å². The molecule has 1 aromatic carbocycles. The van der Waals surface area contributed by atoms with Crippen LogP contribution < -0.4 is 4.74 Å². The average Bonchev–Trinajstić information content (AvgIpc) is 2.03. The highest BCUT2D eigenvalue weighted by atomic mass is 32.2. The summed E-state index contributed by atoms with van der Waals surface area (Å²) in [5, 5.41) is 9.50. The van der Waals surface area contributed by atoms with E-state index in [2.05, 4.69) is 0 Å². The van der Waals surface area contributed by atoms with Crippen molar-refractivity contribution in [1.82, 2.24) is 0 Å². The Bertz CT molecular complexity index is 284. The van der Waals surface area contributed by atoms with E-state index in [4.69, 9.17) is 4.74 Å². The first kappa shape index (κ1) is 10.3. The highest BCUT2D eigenvalue weighted by molar-refractivity contribution is 7.98. The minimum absolute atomic E-state index is 0.132. The van der Waals surface area contributed by atoms with Gasteiger partial charge in [-0.05, 0) is 32.2 Å². The SMILES string of the molecule is CSc1c(O)cccc1OC(C)C. The maximum atomic E-state index is 9.50. The number of thioether (sulfide) groups is 1. The van der Waals surface area contributed by atoms with Crippen LogP contribution in [0.5, 0.6) is 11.5 Å². The smallest absolute Gasteiger partial charge is 0.136 e. The van der Waals surface area contributed by atoms with Gasteiger partial charge < -0.3 is 9.84 Å². The highest BCUT2D eigenvalue weighted by Crippen LogP contribution is 2.35. The molecule has 0 amide bonds. The first-order valence-electron chi connectivity index (χ1n) is 4.17. The summed E-state index contributed by atoms with van der Waals surface area (Å²) in [4.78, 5) is 0.802. The van der Waals surface area contributed by atoms with E-state index in [0.717, 1.165) is 10.6 Å². The third kappa shape index (κ3) is 2.56. The van der Waals surface area contributed by atoms with Gasteiger partial charge in [-0.15, -0.1) is 11.8 Å². The van der Waals surface area contributed by atoms with Crippen LogP contribution in [-0.2, 0) is 0 Å². The maximum absolute atomic E-state index is 9.50. The van der Waals surface area contributed by atoms with Gasteiger partial charge in [0, 0.05) is 0 Å². The van der Waals surface area contributed by atoms with Crippen LogP contribution in [0.15, 0.2) is 23.1 Å². The van der Waals surface area contributed by atoms with E-state index in [0.29, 0.717) is 0 Å². The van der Waals surface area contributed by atoms with Crippen LogP contribution in [0.4, 0.5) is 0 Å². The second kappa shape index (κ2) is 4.42. The van der Waals surface area contributed by atoms with Crippen molar-refractivity contribution in [2.75, 3.05) is 6.26 Å². The summed E-state index contributed by atoms with van der Waals surface area (Å²) >= 11 is 1.49. The molecule has 0 spiro atoms. The minimum Gasteiger partial charge on any atom is -0.507 e. The third-order valence-corrected chi connectivity index (χ3v) is 2.34. The molecule has 0 heterocycles. The van der Waals surface area contributed by atoms with Gasteiger partial charge >= 0.3 is 0 Å². The molecule has 3 heteroatoms. The summed E-state index contributed by atoms with van der Waals surface area (Å²) in [5.41, 5.74) is 0. The molecule has 1 aromatic rings. The Labute approximate surface area is 82.9 Å². The predicted molar refractivity (Wildman–Crippen MR) is 55.7 cm³/mol. The maximum Gasteiger partial charge on any atom is 0.136 e. The molecule has 0 saturated heterocycles. The molecule has 0 aromatic heterocycles. The number of benzene rings is 1. The fourth-order valence-corrected chi connectivity index (χ4v) is 1.65. The lowest BCUT2D eigenvalue weighted by Gasteiger charge is -2.13. The van der Waals surface area contributed by atoms with E-state index in [1.165, 1.54) is 11.8 Å². The van der Waals surface area contributed by atoms with E-state index in [-0.39, 0.29) is 11.9 Å². The van der Waals surface area contributed by atoms with E-state index >= 15 is 0 Å². The number of rotatable bonds is 3. The standard InChI is InChI=1S/C10H14O2S/c1-7(2)12-9-6-4-5-8(11)10(9)13-3/h4-7,11H,1-3H3. The molecule has 0 aliphatic carbocycles. The number of phenols is 1. The molecule has 2 nitrogen and oxygen atoms in total. The zero-order valence-electron chi connectivity index (χ0n) is 8.07. The molecule has 1 N–H and O–H groups in total. The normalized spacial score (nSPS) is 10.5. The van der Waals surface area contributed by atoms with E-state index in [9.17, 15) is 5.11 Å². The van der Waals surface area contributed by atoms with Gasteiger partial charge in [0.05, 0.1) is 11.0 Å². The van der Waals surface area contributed by atoms with Crippen LogP contribution in [0.2, 0.25) is 0 Å². The first-order valence-corrected chi connectivity index (χ1v) is 5.40. The summed E-state index contributed by atoms with van der Waals surface area (Å²) in [7, 11) is 0. The molecule has 0 aliphatic rings. The van der Waals surface area contributed by atoms with Crippen molar-refractivity contribution in [3.05, 3.63) is 18.2 Å². The molecule has 1 rings (SSSR count). The summed E-state index contributed by atoms with van der Waals surface area (Å²) in [6.07, 6.45) is 2.05. The van der Waals surface area contributed by atoms with Crippen molar-refractivity contribution in [2.45, 2.75) is 24.8 Å². The van der Waals surface area contributed by atoms with Gasteiger partial charge in [0.2, 0.25) is 0 Å². The fourth-order valence-electron chi connectivity index (χ4n) is 1.06. The molecular formula is C10H14O2S. The molecule has 0 radical (unpaired) electrons. The number of hydrogen-bond acceptors (Lipinski definition) is 3. The Kier molecular flexibility index (Phi) is 3.48. The monoisotopic (exact) mass is 198 g/mol. The van der Waals surface area contributed by atoms with Crippen LogP contribution in [0.1, 0.15) is 13.8 Å². The average molecular weight is 198 g/mol. The Morgan fingerprint density at radius 2 is 2.08 bits per heavy atom. The first-order chi connectivity index (χ1) is 6.15. The van der Waals surface area contributed by atoms with Gasteiger partial charge in [-0.2, -0.15) is 0 Å². The minimum atomic E-state index is 0.132. The number of ether oxygens (including phenoxy) is 1. The molecule has 0 bridgehead atoms. The second-order valence-electron chi connectivity index (χ2n) is 2.98. The lowest BCUT2D eigenvalue weighted by atomic mass is 10.3. The van der Waals surface area contributed by atoms with Crippen molar-refractivity contribution >= 4 is 11.8 Å². The number of hydrogen-bond donors (Lipinski definition) is 1. The van der Waals surface area contributed by atoms with Crippen molar-refractivity contribution in [2.24, 2.45) is 0 Å². The summed E-state index contributed by atoms with van der Waals surface area (Å²) in [5.74, 6) is 1.04. The Morgan fingerprint density at radius 1 is 1.38 bits per heavy atom. The Balaban J connectivity index is 2.98. The summed E-state index contributed by atoms with van der Waals surface area (Å²) in [6.45, 7) is 3.93. The molecule has 13 heavy (non-hydrogen) atoms. The van der Waals surface area contributed by atoms with Gasteiger partial charge in [-0.25, -0.2) is 0 Å². The molecule has 0 atom stereocenters. The van der Waals surface area contributed by atoms with Gasteiger partial charge in [0.25, 0.3) is 0 Å². The third-order valence-electron chi connectivity index (χ3n) is 1.52. The van der Waals surface area contributed by atoms with Crippen molar-refractivity contribution in [3.63, 3.8) is 0 Å². The van der Waals surface area contributed by atoms with Crippen LogP contribution >= 0.6 is 11.8 Å². The molecule has 0 saturated carbocycles. The van der Waals surface area contributed by atoms with Crippen molar-refractivity contribution in [1.29, 1.82) is 0 Å². The summed E-state index contributed by atoms with van der Waals surface area (Å²) in [6, 6.07) is 5.32. The van der Waals surface area contributed by atoms with Crippen molar-refractivity contribution < 1.29 is 9.84 Å². The molecule has 0 unspecified atom stereocenters. The second-order valence-corrected chi connectivity index (χ2v) is 3.79. The molecular weight excluding hydrogens is 184 g/mol. The fraction of sp³-hybridized carbons (Fsp3) is 0.400. The lowest BCUT2D eigenvalue weighted by molar-refractivity contribution is 0.234. The lowest BCUT2D eigenvalue weighted by Crippen LogP contribution is -2.06. The zero-order valence-corrected chi connectivity index (χ0v) is 8.89. The largest absolute Gasteiger partial charge is 0.507 e. The zero-order chi connectivity index (χ0) is 9.84. The van der Waals surface area contributed by atoms with E-state index in [1.807, 2.05) is 26.2 Å². The quantitative estimate of drug-likeness (QED) is 0.757. The predicted octanol–water partition coefficient (Wildman–Crippen LogP) is 2.90. The van der Waals surface area contributed by atoms with Gasteiger partial charge in [0.1, 0.15) is 11.5 Å². The van der Waals surface area contributed by atoms with Gasteiger partial charge in [-0.3, -0.25) is 0 Å². The Morgan fingerprint density at radius 3 is 2.62 bits per heavy atom. The van der Waals surface area contributed by atoms with E-state index < -0.39 is 0 Å². The van der Waals surface area contributed by atoms with E-state index in [1.54, 1.807) is 12.1 Å². The number of phenolic OH excluding ortho intramolecular Hbond substituents is 1. The van der Waals surface area contributed by atoms with Crippen LogP contribution in [-0.4, -0.2) is 17.5 Å². The van der Waals surface area contributed by atoms with Crippen molar-refractivity contribution in [3.8, 4) is 11.5 Å². The topological polar surface area (TPSA) is 29.5 Å². The van der Waals surface area contributed by atoms with Crippen LogP contribution in [0.3, 0.4) is 0 Å². The van der Waals surface area contributed by atoms with Gasteiger partial charge in [0.15, 0.2) is 0 Å². The summed E-state index contributed by atoms with van der Waals surface area (Å²) < 4.78 is 5.54. The molecule has 0 fully saturated rings. The Hall–Kier alpha value is -0.830.